The first-order chi connectivity index (χ1) is 10.1. The third kappa shape index (κ3) is 3.65. The molecule has 1 N–H and O–H groups in total. The summed E-state index contributed by atoms with van der Waals surface area (Å²) in [6, 6.07) is 6.18. The molecule has 0 atom stereocenters. The molecule has 0 saturated carbocycles. The summed E-state index contributed by atoms with van der Waals surface area (Å²) in [6.07, 6.45) is 3.75. The maximum Gasteiger partial charge on any atom is 0.292 e. The quantitative estimate of drug-likeness (QED) is 0.648. The zero-order valence-corrected chi connectivity index (χ0v) is 11.7. The second kappa shape index (κ2) is 6.65. The number of anilines is 1. The number of hydrogen-bond donors (Lipinski definition) is 1. The van der Waals surface area contributed by atoms with Crippen molar-refractivity contribution in [1.29, 1.82) is 0 Å². The van der Waals surface area contributed by atoms with E-state index < -0.39 is 4.92 Å². The SMILES string of the molecule is CCCNc1cc(Cn2cnccc2=O)ccc1[N+](=O)[O-]. The normalized spacial score (nSPS) is 10.3. The van der Waals surface area contributed by atoms with Crippen LogP contribution < -0.4 is 10.9 Å². The highest BCUT2D eigenvalue weighted by Crippen LogP contribution is 2.25. The van der Waals surface area contributed by atoms with Crippen LogP contribution in [0.15, 0.2) is 41.6 Å². The predicted molar refractivity (Wildman–Crippen MR) is 79.5 cm³/mol. The zero-order valence-electron chi connectivity index (χ0n) is 11.7. The number of nitro benzene ring substituents is 1. The molecule has 21 heavy (non-hydrogen) atoms. The van der Waals surface area contributed by atoms with Crippen LogP contribution in [0, 0.1) is 10.1 Å². The Hall–Kier alpha value is -2.70. The minimum atomic E-state index is -0.419. The molecule has 0 amide bonds. The fourth-order valence-electron chi connectivity index (χ4n) is 1.94. The third-order valence-corrected chi connectivity index (χ3v) is 2.97. The Morgan fingerprint density at radius 3 is 2.86 bits per heavy atom. The van der Waals surface area contributed by atoms with Crippen LogP contribution in [-0.2, 0) is 6.54 Å². The van der Waals surface area contributed by atoms with Gasteiger partial charge in [-0.05, 0) is 18.1 Å². The van der Waals surface area contributed by atoms with Crippen LogP contribution in [-0.4, -0.2) is 21.0 Å². The lowest BCUT2D eigenvalue weighted by Crippen LogP contribution is -2.19. The van der Waals surface area contributed by atoms with Gasteiger partial charge in [-0.3, -0.25) is 19.5 Å². The Morgan fingerprint density at radius 1 is 1.38 bits per heavy atom. The van der Waals surface area contributed by atoms with Gasteiger partial charge >= 0.3 is 0 Å². The first-order valence-corrected chi connectivity index (χ1v) is 6.63. The average molecular weight is 288 g/mol. The lowest BCUT2D eigenvalue weighted by atomic mass is 10.1. The molecule has 0 spiro atoms. The van der Waals surface area contributed by atoms with Gasteiger partial charge in [0, 0.05) is 24.9 Å². The third-order valence-electron chi connectivity index (χ3n) is 2.97. The van der Waals surface area contributed by atoms with Crippen LogP contribution in [0.4, 0.5) is 11.4 Å². The van der Waals surface area contributed by atoms with Gasteiger partial charge in [0.05, 0.1) is 17.8 Å². The zero-order chi connectivity index (χ0) is 15.2. The molecule has 0 aliphatic carbocycles. The maximum atomic E-state index is 11.7. The van der Waals surface area contributed by atoms with E-state index in [1.165, 1.54) is 29.2 Å². The van der Waals surface area contributed by atoms with Gasteiger partial charge < -0.3 is 5.32 Å². The second-order valence-corrected chi connectivity index (χ2v) is 4.58. The van der Waals surface area contributed by atoms with E-state index in [4.69, 9.17) is 0 Å². The lowest BCUT2D eigenvalue weighted by molar-refractivity contribution is -0.384. The number of benzene rings is 1. The first-order valence-electron chi connectivity index (χ1n) is 6.63. The Bertz CT molecular complexity index is 697. The van der Waals surface area contributed by atoms with Crippen LogP contribution >= 0.6 is 0 Å². The number of nitro groups is 1. The van der Waals surface area contributed by atoms with E-state index in [2.05, 4.69) is 10.3 Å². The monoisotopic (exact) mass is 288 g/mol. The molecule has 7 heteroatoms. The largest absolute Gasteiger partial charge is 0.379 e. The second-order valence-electron chi connectivity index (χ2n) is 4.58. The van der Waals surface area contributed by atoms with E-state index >= 15 is 0 Å². The van der Waals surface area contributed by atoms with Crippen LogP contribution in [0.2, 0.25) is 0 Å². The molecular weight excluding hydrogens is 272 g/mol. The molecule has 1 aromatic carbocycles. The highest BCUT2D eigenvalue weighted by Gasteiger charge is 2.13. The molecule has 0 bridgehead atoms. The Kier molecular flexibility index (Phi) is 4.65. The van der Waals surface area contributed by atoms with Crippen LogP contribution in [0.1, 0.15) is 18.9 Å². The summed E-state index contributed by atoms with van der Waals surface area (Å²) in [5.74, 6) is 0. The fourth-order valence-corrected chi connectivity index (χ4v) is 1.94. The predicted octanol–water partition coefficient (Wildman–Crippen LogP) is 2.02. The standard InChI is InChI=1S/C14H16N4O3/c1-2-6-16-12-8-11(3-4-13(12)18(20)21)9-17-10-15-7-5-14(17)19/h3-5,7-8,10,16H,2,6,9H2,1H3. The van der Waals surface area contributed by atoms with Crippen LogP contribution in [0.3, 0.4) is 0 Å². The molecule has 1 aromatic heterocycles. The molecule has 2 aromatic rings. The van der Waals surface area contributed by atoms with Crippen molar-refractivity contribution in [2.45, 2.75) is 19.9 Å². The Balaban J connectivity index is 2.31. The van der Waals surface area contributed by atoms with Gasteiger partial charge in [0.1, 0.15) is 5.69 Å². The maximum absolute atomic E-state index is 11.7. The summed E-state index contributed by atoms with van der Waals surface area (Å²) in [5.41, 5.74) is 1.14. The summed E-state index contributed by atoms with van der Waals surface area (Å²) in [6.45, 7) is 2.96. The number of nitrogens with zero attached hydrogens (tertiary/aromatic N) is 3. The van der Waals surface area contributed by atoms with Crippen LogP contribution in [0.5, 0.6) is 0 Å². The van der Waals surface area contributed by atoms with E-state index in [1.54, 1.807) is 12.1 Å². The van der Waals surface area contributed by atoms with Gasteiger partial charge in [0.15, 0.2) is 0 Å². The van der Waals surface area contributed by atoms with E-state index in [9.17, 15) is 14.9 Å². The smallest absolute Gasteiger partial charge is 0.292 e. The summed E-state index contributed by atoms with van der Waals surface area (Å²) in [4.78, 5) is 26.1. The average Bonchev–Trinajstić information content (AvgIpc) is 2.47. The van der Waals surface area contributed by atoms with Crippen molar-refractivity contribution in [2.24, 2.45) is 0 Å². The molecule has 1 heterocycles. The van der Waals surface area contributed by atoms with Gasteiger partial charge in [-0.15, -0.1) is 0 Å². The van der Waals surface area contributed by atoms with Crippen molar-refractivity contribution in [3.05, 3.63) is 62.8 Å². The summed E-state index contributed by atoms with van der Waals surface area (Å²) in [5, 5.41) is 14.0. The summed E-state index contributed by atoms with van der Waals surface area (Å²) < 4.78 is 1.45. The van der Waals surface area contributed by atoms with Crippen molar-refractivity contribution in [3.63, 3.8) is 0 Å². The van der Waals surface area contributed by atoms with Crippen molar-refractivity contribution in [2.75, 3.05) is 11.9 Å². The molecule has 0 radical (unpaired) electrons. The van der Waals surface area contributed by atoms with E-state index in [1.807, 2.05) is 6.92 Å². The molecule has 7 nitrogen and oxygen atoms in total. The lowest BCUT2D eigenvalue weighted by Gasteiger charge is -2.09. The van der Waals surface area contributed by atoms with E-state index in [-0.39, 0.29) is 11.2 Å². The van der Waals surface area contributed by atoms with Crippen LogP contribution in [0.25, 0.3) is 0 Å². The van der Waals surface area contributed by atoms with E-state index in [0.29, 0.717) is 18.8 Å². The topological polar surface area (TPSA) is 90.1 Å². The molecule has 0 aliphatic heterocycles. The molecule has 0 unspecified atom stereocenters. The van der Waals surface area contributed by atoms with Gasteiger partial charge in [0.25, 0.3) is 11.2 Å². The van der Waals surface area contributed by atoms with Gasteiger partial charge in [-0.25, -0.2) is 4.98 Å². The van der Waals surface area contributed by atoms with Crippen molar-refractivity contribution >= 4 is 11.4 Å². The minimum Gasteiger partial charge on any atom is -0.379 e. The molecule has 0 aliphatic rings. The molecule has 110 valence electrons. The van der Waals surface area contributed by atoms with Crippen molar-refractivity contribution in [3.8, 4) is 0 Å². The highest BCUT2D eigenvalue weighted by molar-refractivity contribution is 5.62. The molecule has 0 saturated heterocycles. The summed E-state index contributed by atoms with van der Waals surface area (Å²) >= 11 is 0. The van der Waals surface area contributed by atoms with Gasteiger partial charge in [-0.2, -0.15) is 0 Å². The fraction of sp³-hybridized carbons (Fsp3) is 0.286. The Morgan fingerprint density at radius 2 is 2.19 bits per heavy atom. The number of aromatic nitrogens is 2. The number of nitrogens with one attached hydrogen (secondary N) is 1. The van der Waals surface area contributed by atoms with Crippen molar-refractivity contribution in [1.82, 2.24) is 9.55 Å². The number of hydrogen-bond acceptors (Lipinski definition) is 5. The molecule has 2 rings (SSSR count). The van der Waals surface area contributed by atoms with Gasteiger partial charge in [0.2, 0.25) is 0 Å². The number of rotatable bonds is 6. The van der Waals surface area contributed by atoms with Gasteiger partial charge in [-0.1, -0.05) is 13.0 Å². The first kappa shape index (κ1) is 14.7. The van der Waals surface area contributed by atoms with Crippen molar-refractivity contribution < 1.29 is 4.92 Å². The minimum absolute atomic E-state index is 0.0331. The Labute approximate surface area is 121 Å². The van der Waals surface area contributed by atoms with E-state index in [0.717, 1.165) is 12.0 Å². The molecular formula is C14H16N4O3. The summed E-state index contributed by atoms with van der Waals surface area (Å²) in [7, 11) is 0. The molecule has 0 fully saturated rings. The highest BCUT2D eigenvalue weighted by atomic mass is 16.6.